The Balaban J connectivity index is 1.56. The molecule has 2 amide bonds. The molecule has 0 spiro atoms. The number of hydrogen-bond donors (Lipinski definition) is 2. The predicted octanol–water partition coefficient (Wildman–Crippen LogP) is 2.53. The van der Waals surface area contributed by atoms with Gasteiger partial charge in [0.1, 0.15) is 11.9 Å². The first-order valence-corrected chi connectivity index (χ1v) is 11.2. The van der Waals surface area contributed by atoms with Gasteiger partial charge in [0.2, 0.25) is 0 Å². The van der Waals surface area contributed by atoms with Crippen LogP contribution in [0.5, 0.6) is 0 Å². The van der Waals surface area contributed by atoms with Gasteiger partial charge in [-0.15, -0.1) is 0 Å². The van der Waals surface area contributed by atoms with E-state index in [1.165, 1.54) is 11.0 Å². The quantitative estimate of drug-likeness (QED) is 0.367. The molecule has 33 heavy (non-hydrogen) atoms. The van der Waals surface area contributed by atoms with Crippen molar-refractivity contribution < 1.29 is 27.5 Å². The molecule has 1 aliphatic carbocycles. The molecule has 0 unspecified atom stereocenters. The number of anilines is 2. The zero-order valence-corrected chi connectivity index (χ0v) is 19.3. The molecule has 8 nitrogen and oxygen atoms in total. The molecule has 1 saturated heterocycles. The number of carbonyl (C=O) groups is 2. The second-order valence-electron chi connectivity index (χ2n) is 7.96. The van der Waals surface area contributed by atoms with Crippen LogP contribution in [0, 0.1) is 11.7 Å². The van der Waals surface area contributed by atoms with Crippen LogP contribution in [-0.2, 0) is 9.53 Å². The Morgan fingerprint density at radius 3 is 2.70 bits per heavy atom. The highest BCUT2D eigenvalue weighted by Crippen LogP contribution is 2.31. The zero-order valence-electron chi connectivity index (χ0n) is 18.5. The van der Waals surface area contributed by atoms with Crippen LogP contribution in [0.15, 0.2) is 18.2 Å². The number of benzene rings is 1. The van der Waals surface area contributed by atoms with E-state index in [9.17, 15) is 22.8 Å². The third-order valence-corrected chi connectivity index (χ3v) is 6.14. The van der Waals surface area contributed by atoms with Crippen LogP contribution in [0.4, 0.5) is 29.3 Å². The summed E-state index contributed by atoms with van der Waals surface area (Å²) in [7, 11) is 1.88. The minimum Gasteiger partial charge on any atom is -0.442 e. The van der Waals surface area contributed by atoms with Crippen LogP contribution in [0.1, 0.15) is 19.8 Å². The summed E-state index contributed by atoms with van der Waals surface area (Å²) >= 11 is 5.40. The molecule has 12 heteroatoms. The number of hydrazine groups is 1. The minimum atomic E-state index is -3.15. The maximum absolute atomic E-state index is 14.9. The number of nitrogens with zero attached hydrogens (tertiary/aromatic N) is 3. The number of cyclic esters (lactones) is 1. The Hall–Kier alpha value is -2.60. The second kappa shape index (κ2) is 11.0. The summed E-state index contributed by atoms with van der Waals surface area (Å²) in [6.45, 7) is 3.37. The second-order valence-corrected chi connectivity index (χ2v) is 8.38. The first kappa shape index (κ1) is 25.0. The van der Waals surface area contributed by atoms with Gasteiger partial charge in [-0.05, 0) is 38.0 Å². The summed E-state index contributed by atoms with van der Waals surface area (Å²) in [5, 5.41) is 3.86. The average molecular weight is 488 g/mol. The molecule has 1 atom stereocenters. The summed E-state index contributed by atoms with van der Waals surface area (Å²) in [4.78, 5) is 27.1. The first-order chi connectivity index (χ1) is 15.7. The van der Waals surface area contributed by atoms with Crippen molar-refractivity contribution >= 4 is 40.6 Å². The Bertz CT molecular complexity index is 887. The van der Waals surface area contributed by atoms with Crippen LogP contribution >= 0.6 is 12.2 Å². The van der Waals surface area contributed by atoms with E-state index in [4.69, 9.17) is 17.0 Å². The lowest BCUT2D eigenvalue weighted by molar-refractivity contribution is -0.132. The molecule has 3 rings (SSSR count). The van der Waals surface area contributed by atoms with E-state index in [2.05, 4.69) is 5.43 Å². The molecule has 0 bridgehead atoms. The molecule has 2 aliphatic rings. The van der Waals surface area contributed by atoms with Gasteiger partial charge in [0.15, 0.2) is 0 Å². The monoisotopic (exact) mass is 487 g/mol. The Morgan fingerprint density at radius 1 is 1.36 bits per heavy atom. The van der Waals surface area contributed by atoms with Crippen LogP contribution in [0.3, 0.4) is 0 Å². The van der Waals surface area contributed by atoms with E-state index >= 15 is 0 Å². The summed E-state index contributed by atoms with van der Waals surface area (Å²) < 4.78 is 44.6. The van der Waals surface area contributed by atoms with Crippen LogP contribution < -0.4 is 20.5 Å². The molecule has 0 aromatic heterocycles. The van der Waals surface area contributed by atoms with Gasteiger partial charge in [-0.1, -0.05) is 12.2 Å². The first-order valence-electron chi connectivity index (χ1n) is 10.8. The lowest BCUT2D eigenvalue weighted by Gasteiger charge is -2.27. The normalized spacial score (nSPS) is 17.8. The van der Waals surface area contributed by atoms with Gasteiger partial charge < -0.3 is 20.0 Å². The summed E-state index contributed by atoms with van der Waals surface area (Å²) in [5.41, 5.74) is 3.91. The number of ether oxygens (including phenoxy) is 1. The fourth-order valence-corrected chi connectivity index (χ4v) is 3.83. The number of nitrogens with one attached hydrogen (secondary N) is 2. The van der Waals surface area contributed by atoms with Crippen molar-refractivity contribution in [3.8, 4) is 0 Å². The Kier molecular flexibility index (Phi) is 8.35. The van der Waals surface area contributed by atoms with Gasteiger partial charge in [0, 0.05) is 32.6 Å². The van der Waals surface area contributed by atoms with Gasteiger partial charge in [0.05, 0.1) is 29.5 Å². The third kappa shape index (κ3) is 6.47. The number of likely N-dealkylation sites (N-methyl/N-ethyl adjacent to an activating group) is 1. The van der Waals surface area contributed by atoms with E-state index in [0.29, 0.717) is 31.2 Å². The SMILES string of the molecule is CCN(CCNN(C)C(=S)C1CC1)c1ccc(N2C[C@H](CNC(=O)C(F)F)OC2=O)cc1F. The molecular formula is C21H28F3N5O3S. The number of amides is 2. The smallest absolute Gasteiger partial charge is 0.414 e. The lowest BCUT2D eigenvalue weighted by atomic mass is 10.2. The van der Waals surface area contributed by atoms with Crippen molar-refractivity contribution in [3.63, 3.8) is 0 Å². The fourth-order valence-electron chi connectivity index (χ4n) is 3.53. The summed E-state index contributed by atoms with van der Waals surface area (Å²) in [5.74, 6) is -1.46. The topological polar surface area (TPSA) is 77.2 Å². The molecule has 1 aromatic rings. The van der Waals surface area contributed by atoms with Gasteiger partial charge in [-0.25, -0.2) is 14.6 Å². The molecule has 0 radical (unpaired) electrons. The number of thiocarbonyl (C=S) groups is 1. The lowest BCUT2D eigenvalue weighted by Crippen LogP contribution is -2.43. The maximum Gasteiger partial charge on any atom is 0.414 e. The highest BCUT2D eigenvalue weighted by atomic mass is 32.1. The highest BCUT2D eigenvalue weighted by Gasteiger charge is 2.33. The van der Waals surface area contributed by atoms with Crippen molar-refractivity contribution in [2.75, 3.05) is 49.6 Å². The number of alkyl halides is 2. The molecular weight excluding hydrogens is 459 g/mol. The van der Waals surface area contributed by atoms with Crippen molar-refractivity contribution in [2.24, 2.45) is 5.92 Å². The number of hydrogen-bond acceptors (Lipinski definition) is 6. The molecule has 1 saturated carbocycles. The van der Waals surface area contributed by atoms with Crippen LogP contribution in [-0.4, -0.2) is 74.3 Å². The van der Waals surface area contributed by atoms with Gasteiger partial charge in [0.25, 0.3) is 5.91 Å². The van der Waals surface area contributed by atoms with Gasteiger partial charge in [-0.2, -0.15) is 8.78 Å². The van der Waals surface area contributed by atoms with Crippen LogP contribution in [0.2, 0.25) is 0 Å². The zero-order chi connectivity index (χ0) is 24.1. The van der Waals surface area contributed by atoms with E-state index in [0.717, 1.165) is 17.8 Å². The maximum atomic E-state index is 14.9. The highest BCUT2D eigenvalue weighted by molar-refractivity contribution is 7.80. The van der Waals surface area contributed by atoms with E-state index in [1.54, 1.807) is 12.1 Å². The molecule has 1 aromatic carbocycles. The Labute approximate surface area is 196 Å². The number of carbonyl (C=O) groups excluding carboxylic acids is 2. The third-order valence-electron chi connectivity index (χ3n) is 5.53. The predicted molar refractivity (Wildman–Crippen MR) is 122 cm³/mol. The fraction of sp³-hybridized carbons (Fsp3) is 0.571. The minimum absolute atomic E-state index is 0.00971. The van der Waals surface area contributed by atoms with Crippen molar-refractivity contribution in [1.29, 1.82) is 0 Å². The van der Waals surface area contributed by atoms with Gasteiger partial charge in [-0.3, -0.25) is 9.69 Å². The summed E-state index contributed by atoms with van der Waals surface area (Å²) in [6, 6.07) is 4.43. The summed E-state index contributed by atoms with van der Waals surface area (Å²) in [6.07, 6.45) is -2.44. The molecule has 1 aliphatic heterocycles. The van der Waals surface area contributed by atoms with Crippen molar-refractivity contribution in [2.45, 2.75) is 32.3 Å². The van der Waals surface area contributed by atoms with Crippen molar-refractivity contribution in [1.82, 2.24) is 15.8 Å². The molecule has 2 N–H and O–H groups in total. The molecule has 2 fully saturated rings. The number of rotatable bonds is 11. The molecule has 182 valence electrons. The molecule has 1 heterocycles. The standard InChI is InChI=1S/C21H28F3N5O3S/c1-3-28(9-8-26-27(2)20(33)13-4-5-13)17-7-6-14(10-16(17)22)29-12-15(32-21(29)31)11-25-19(30)18(23)24/h6-7,10,13,15,18,26H,3-5,8-9,11-12H2,1-2H3,(H,25,30)/t15-/m0/s1. The average Bonchev–Trinajstić information content (AvgIpc) is 3.57. The van der Waals surface area contributed by atoms with Crippen molar-refractivity contribution in [3.05, 3.63) is 24.0 Å². The van der Waals surface area contributed by atoms with E-state index < -0.39 is 30.3 Å². The Morgan fingerprint density at radius 2 is 2.09 bits per heavy atom. The number of halogens is 3. The van der Waals surface area contributed by atoms with E-state index in [1.807, 2.05) is 29.2 Å². The van der Waals surface area contributed by atoms with Crippen LogP contribution in [0.25, 0.3) is 0 Å². The largest absolute Gasteiger partial charge is 0.442 e. The van der Waals surface area contributed by atoms with E-state index in [-0.39, 0.29) is 18.8 Å². The van der Waals surface area contributed by atoms with Gasteiger partial charge >= 0.3 is 12.5 Å².